The van der Waals surface area contributed by atoms with Gasteiger partial charge in [-0.1, -0.05) is 6.07 Å². The van der Waals surface area contributed by atoms with Crippen LogP contribution in [0.15, 0.2) is 30.6 Å². The zero-order chi connectivity index (χ0) is 15.2. The molecule has 0 aliphatic rings. The second kappa shape index (κ2) is 6.57. The van der Waals surface area contributed by atoms with Gasteiger partial charge in [-0.2, -0.15) is 5.26 Å². The van der Waals surface area contributed by atoms with Crippen LogP contribution in [0.2, 0.25) is 0 Å². The summed E-state index contributed by atoms with van der Waals surface area (Å²) in [6.45, 7) is 1.97. The molecule has 1 N–H and O–H groups in total. The van der Waals surface area contributed by atoms with Gasteiger partial charge in [-0.3, -0.25) is 0 Å². The Morgan fingerprint density at radius 2 is 1.86 bits per heavy atom. The second-order valence-corrected chi connectivity index (χ2v) is 4.35. The molecule has 2 rings (SSSR count). The van der Waals surface area contributed by atoms with Crippen molar-refractivity contribution in [2.24, 2.45) is 0 Å². The SMILES string of the molecule is COc1ccc(C(C)Nc2nccnc2C#N)cc1OC. The first-order valence-electron chi connectivity index (χ1n) is 6.39. The highest BCUT2D eigenvalue weighted by Gasteiger charge is 2.12. The lowest BCUT2D eigenvalue weighted by molar-refractivity contribution is 0.354. The van der Waals surface area contributed by atoms with Crippen LogP contribution in [0.5, 0.6) is 11.5 Å². The van der Waals surface area contributed by atoms with Crippen LogP contribution in [0.1, 0.15) is 24.2 Å². The van der Waals surface area contributed by atoms with Gasteiger partial charge in [0.25, 0.3) is 0 Å². The maximum atomic E-state index is 9.02. The number of hydrogen-bond acceptors (Lipinski definition) is 6. The van der Waals surface area contributed by atoms with Crippen molar-refractivity contribution in [2.45, 2.75) is 13.0 Å². The number of ether oxygens (including phenoxy) is 2. The first-order valence-corrected chi connectivity index (χ1v) is 6.39. The number of aromatic nitrogens is 2. The molecule has 0 radical (unpaired) electrons. The Bertz CT molecular complexity index is 667. The van der Waals surface area contributed by atoms with Crippen molar-refractivity contribution in [1.82, 2.24) is 9.97 Å². The Labute approximate surface area is 123 Å². The standard InChI is InChI=1S/C15H16N4O2/c1-10(19-15-12(9-16)17-6-7-18-15)11-4-5-13(20-2)14(8-11)21-3/h4-8,10H,1-3H3,(H,18,19). The summed E-state index contributed by atoms with van der Waals surface area (Å²) < 4.78 is 10.5. The van der Waals surface area contributed by atoms with Crippen molar-refractivity contribution in [3.8, 4) is 17.6 Å². The molecule has 1 heterocycles. The average Bonchev–Trinajstić information content (AvgIpc) is 2.54. The summed E-state index contributed by atoms with van der Waals surface area (Å²) in [5, 5.41) is 12.2. The van der Waals surface area contributed by atoms with Crippen molar-refractivity contribution < 1.29 is 9.47 Å². The quantitative estimate of drug-likeness (QED) is 0.908. The van der Waals surface area contributed by atoms with E-state index in [9.17, 15) is 0 Å². The van der Waals surface area contributed by atoms with Gasteiger partial charge in [0.05, 0.1) is 20.3 Å². The molecule has 0 saturated heterocycles. The van der Waals surface area contributed by atoms with E-state index >= 15 is 0 Å². The molecule has 0 aliphatic carbocycles. The zero-order valence-corrected chi connectivity index (χ0v) is 12.1. The molecule has 1 atom stereocenters. The van der Waals surface area contributed by atoms with E-state index in [1.807, 2.05) is 31.2 Å². The molecule has 0 bridgehead atoms. The average molecular weight is 284 g/mol. The first kappa shape index (κ1) is 14.6. The lowest BCUT2D eigenvalue weighted by atomic mass is 10.1. The van der Waals surface area contributed by atoms with E-state index in [1.54, 1.807) is 20.4 Å². The number of hydrogen-bond donors (Lipinski definition) is 1. The van der Waals surface area contributed by atoms with E-state index in [4.69, 9.17) is 14.7 Å². The summed E-state index contributed by atoms with van der Waals surface area (Å²) >= 11 is 0. The molecule has 0 amide bonds. The molecule has 6 nitrogen and oxygen atoms in total. The Kier molecular flexibility index (Phi) is 4.57. The molecule has 6 heteroatoms. The smallest absolute Gasteiger partial charge is 0.182 e. The zero-order valence-electron chi connectivity index (χ0n) is 12.1. The van der Waals surface area contributed by atoms with Crippen LogP contribution < -0.4 is 14.8 Å². The highest BCUT2D eigenvalue weighted by molar-refractivity contribution is 5.50. The summed E-state index contributed by atoms with van der Waals surface area (Å²) in [5.41, 5.74) is 1.26. The number of nitrogens with one attached hydrogen (secondary N) is 1. The van der Waals surface area contributed by atoms with E-state index in [0.29, 0.717) is 17.3 Å². The number of rotatable bonds is 5. The number of benzene rings is 1. The minimum Gasteiger partial charge on any atom is -0.493 e. The Hall–Kier alpha value is -2.81. The van der Waals surface area contributed by atoms with Gasteiger partial charge in [0, 0.05) is 12.4 Å². The van der Waals surface area contributed by atoms with Crippen LogP contribution in [0.25, 0.3) is 0 Å². The predicted molar refractivity (Wildman–Crippen MR) is 78.3 cm³/mol. The number of nitrogens with zero attached hydrogens (tertiary/aromatic N) is 3. The maximum absolute atomic E-state index is 9.02. The Morgan fingerprint density at radius 3 is 2.52 bits per heavy atom. The minimum atomic E-state index is -0.0615. The number of methoxy groups -OCH3 is 2. The van der Waals surface area contributed by atoms with Gasteiger partial charge < -0.3 is 14.8 Å². The van der Waals surface area contributed by atoms with Crippen molar-refractivity contribution in [1.29, 1.82) is 5.26 Å². The van der Waals surface area contributed by atoms with Gasteiger partial charge in [-0.25, -0.2) is 9.97 Å². The van der Waals surface area contributed by atoms with Crippen LogP contribution in [0.4, 0.5) is 5.82 Å². The summed E-state index contributed by atoms with van der Waals surface area (Å²) in [7, 11) is 3.19. The van der Waals surface area contributed by atoms with Crippen molar-refractivity contribution >= 4 is 5.82 Å². The van der Waals surface area contributed by atoms with E-state index < -0.39 is 0 Å². The molecule has 108 valence electrons. The fourth-order valence-corrected chi connectivity index (χ4v) is 1.94. The van der Waals surface area contributed by atoms with Crippen molar-refractivity contribution in [3.63, 3.8) is 0 Å². The molecule has 21 heavy (non-hydrogen) atoms. The molecule has 1 aromatic carbocycles. The largest absolute Gasteiger partial charge is 0.493 e. The third-order valence-electron chi connectivity index (χ3n) is 3.06. The van der Waals surface area contributed by atoms with Gasteiger partial charge in [0.2, 0.25) is 0 Å². The van der Waals surface area contributed by atoms with Gasteiger partial charge in [0.15, 0.2) is 23.0 Å². The second-order valence-electron chi connectivity index (χ2n) is 4.35. The van der Waals surface area contributed by atoms with Crippen LogP contribution >= 0.6 is 0 Å². The summed E-state index contributed by atoms with van der Waals surface area (Å²) in [6, 6.07) is 7.61. The van der Waals surface area contributed by atoms with Crippen LogP contribution in [0.3, 0.4) is 0 Å². The third kappa shape index (κ3) is 3.20. The van der Waals surface area contributed by atoms with E-state index in [1.165, 1.54) is 6.20 Å². The van der Waals surface area contributed by atoms with Crippen LogP contribution in [0, 0.1) is 11.3 Å². The summed E-state index contributed by atoms with van der Waals surface area (Å²) in [5.74, 6) is 1.79. The molecule has 0 fully saturated rings. The van der Waals surface area contributed by atoms with Gasteiger partial charge >= 0.3 is 0 Å². The first-order chi connectivity index (χ1) is 10.2. The van der Waals surface area contributed by atoms with Crippen molar-refractivity contribution in [2.75, 3.05) is 19.5 Å². The number of anilines is 1. The fourth-order valence-electron chi connectivity index (χ4n) is 1.94. The number of nitriles is 1. The molecule has 0 spiro atoms. The maximum Gasteiger partial charge on any atom is 0.182 e. The minimum absolute atomic E-state index is 0.0615. The monoisotopic (exact) mass is 284 g/mol. The predicted octanol–water partition coefficient (Wildman–Crippen LogP) is 2.54. The van der Waals surface area contributed by atoms with E-state index in [-0.39, 0.29) is 11.7 Å². The topological polar surface area (TPSA) is 80.1 Å². The van der Waals surface area contributed by atoms with Crippen LogP contribution in [-0.2, 0) is 0 Å². The Balaban J connectivity index is 2.24. The molecular weight excluding hydrogens is 268 g/mol. The summed E-state index contributed by atoms with van der Waals surface area (Å²) in [4.78, 5) is 8.11. The van der Waals surface area contributed by atoms with E-state index in [2.05, 4.69) is 15.3 Å². The van der Waals surface area contributed by atoms with Gasteiger partial charge in [-0.15, -0.1) is 0 Å². The summed E-state index contributed by atoms with van der Waals surface area (Å²) in [6.07, 6.45) is 3.04. The molecule has 1 aromatic heterocycles. The molecule has 2 aromatic rings. The van der Waals surface area contributed by atoms with Crippen molar-refractivity contribution in [3.05, 3.63) is 41.9 Å². The molecular formula is C15H16N4O2. The normalized spacial score (nSPS) is 11.3. The highest BCUT2D eigenvalue weighted by Crippen LogP contribution is 2.30. The van der Waals surface area contributed by atoms with E-state index in [0.717, 1.165) is 5.56 Å². The fraction of sp³-hybridized carbons (Fsp3) is 0.267. The molecule has 1 unspecified atom stereocenters. The van der Waals surface area contributed by atoms with Crippen LogP contribution in [-0.4, -0.2) is 24.2 Å². The molecule has 0 aliphatic heterocycles. The lowest BCUT2D eigenvalue weighted by Gasteiger charge is -2.17. The highest BCUT2D eigenvalue weighted by atomic mass is 16.5. The lowest BCUT2D eigenvalue weighted by Crippen LogP contribution is -2.10. The third-order valence-corrected chi connectivity index (χ3v) is 3.06. The molecule has 0 saturated carbocycles. The van der Waals surface area contributed by atoms with Gasteiger partial charge in [0.1, 0.15) is 6.07 Å². The Morgan fingerprint density at radius 1 is 1.14 bits per heavy atom. The van der Waals surface area contributed by atoms with Gasteiger partial charge in [-0.05, 0) is 24.6 Å².